The molecular formula is C8H17N4+. The van der Waals surface area contributed by atoms with E-state index in [4.69, 9.17) is 11.5 Å². The van der Waals surface area contributed by atoms with E-state index < -0.39 is 0 Å². The van der Waals surface area contributed by atoms with Gasteiger partial charge in [0.05, 0.1) is 0 Å². The van der Waals surface area contributed by atoms with Crippen LogP contribution >= 0.6 is 0 Å². The molecule has 4 heteroatoms. The fourth-order valence-corrected chi connectivity index (χ4v) is 1.52. The minimum absolute atomic E-state index is 0.0852. The molecule has 0 aliphatic heterocycles. The molecule has 1 rings (SSSR count). The average molecular weight is 169 g/mol. The average Bonchev–Trinajstić information content (AvgIpc) is 2.05. The van der Waals surface area contributed by atoms with E-state index in [0.29, 0.717) is 5.92 Å². The van der Waals surface area contributed by atoms with Crippen molar-refractivity contribution in [3.05, 3.63) is 0 Å². The topological polar surface area (TPSA) is 78.4 Å². The zero-order valence-corrected chi connectivity index (χ0v) is 7.29. The number of guanidine groups is 1. The highest BCUT2D eigenvalue weighted by atomic mass is 15.3. The molecule has 1 saturated carbocycles. The molecule has 0 bridgehead atoms. The Morgan fingerprint density at radius 1 is 1.25 bits per heavy atom. The summed E-state index contributed by atoms with van der Waals surface area (Å²) in [5.41, 5.74) is 10.3. The second-order valence-corrected chi connectivity index (χ2v) is 3.23. The van der Waals surface area contributed by atoms with Crippen LogP contribution in [-0.2, 0) is 0 Å². The molecule has 0 aromatic carbocycles. The molecule has 68 valence electrons. The van der Waals surface area contributed by atoms with E-state index >= 15 is 0 Å². The molecule has 1 aliphatic rings. The summed E-state index contributed by atoms with van der Waals surface area (Å²) in [4.78, 5) is 0. The van der Waals surface area contributed by atoms with Crippen molar-refractivity contribution < 1.29 is 5.10 Å². The van der Waals surface area contributed by atoms with Crippen molar-refractivity contribution in [3.63, 3.8) is 0 Å². The maximum Gasteiger partial charge on any atom is 0.256 e. The lowest BCUT2D eigenvalue weighted by atomic mass is 9.90. The lowest BCUT2D eigenvalue weighted by Gasteiger charge is -2.13. The third kappa shape index (κ3) is 3.37. The van der Waals surface area contributed by atoms with Gasteiger partial charge in [0.15, 0.2) is 6.21 Å². The lowest BCUT2D eigenvalue weighted by molar-refractivity contribution is -0.459. The SMILES string of the molecule is NC(N)=N/[NH+]=C/C1CCCCC1. The molecule has 1 aliphatic carbocycles. The molecule has 0 aromatic heterocycles. The van der Waals surface area contributed by atoms with Crippen molar-refractivity contribution >= 4 is 12.2 Å². The van der Waals surface area contributed by atoms with Crippen molar-refractivity contribution in [2.75, 3.05) is 0 Å². The number of rotatable bonds is 2. The maximum atomic E-state index is 5.15. The fraction of sp³-hybridized carbons (Fsp3) is 0.750. The van der Waals surface area contributed by atoms with Crippen LogP contribution in [0.1, 0.15) is 32.1 Å². The van der Waals surface area contributed by atoms with Gasteiger partial charge in [0, 0.05) is 11.0 Å². The molecule has 0 amide bonds. The van der Waals surface area contributed by atoms with Gasteiger partial charge in [-0.05, 0) is 12.8 Å². The molecular weight excluding hydrogens is 152 g/mol. The van der Waals surface area contributed by atoms with Crippen molar-refractivity contribution in [3.8, 4) is 0 Å². The van der Waals surface area contributed by atoms with Gasteiger partial charge in [-0.1, -0.05) is 19.3 Å². The van der Waals surface area contributed by atoms with E-state index in [1.807, 2.05) is 6.21 Å². The van der Waals surface area contributed by atoms with E-state index in [1.165, 1.54) is 32.1 Å². The Hall–Kier alpha value is -1.06. The highest BCUT2D eigenvalue weighted by molar-refractivity contribution is 5.74. The van der Waals surface area contributed by atoms with Gasteiger partial charge in [0.2, 0.25) is 0 Å². The van der Waals surface area contributed by atoms with Crippen LogP contribution in [0.4, 0.5) is 0 Å². The van der Waals surface area contributed by atoms with Crippen molar-refractivity contribution in [1.82, 2.24) is 0 Å². The van der Waals surface area contributed by atoms with E-state index in [0.717, 1.165) is 0 Å². The second-order valence-electron chi connectivity index (χ2n) is 3.23. The summed E-state index contributed by atoms with van der Waals surface area (Å²) in [6.07, 6.45) is 8.51. The van der Waals surface area contributed by atoms with Crippen LogP contribution < -0.4 is 16.6 Å². The zero-order valence-electron chi connectivity index (χ0n) is 7.29. The van der Waals surface area contributed by atoms with Crippen LogP contribution in [0.3, 0.4) is 0 Å². The van der Waals surface area contributed by atoms with Gasteiger partial charge in [0.1, 0.15) is 0 Å². The van der Waals surface area contributed by atoms with Crippen LogP contribution in [0.2, 0.25) is 0 Å². The highest BCUT2D eigenvalue weighted by Crippen LogP contribution is 2.20. The first kappa shape index (κ1) is 9.03. The second kappa shape index (κ2) is 4.74. The number of hydrogen-bond acceptors (Lipinski definition) is 1. The Balaban J connectivity index is 2.29. The molecule has 0 atom stereocenters. The molecule has 5 N–H and O–H groups in total. The third-order valence-electron chi connectivity index (χ3n) is 2.15. The zero-order chi connectivity index (χ0) is 8.81. The first-order chi connectivity index (χ1) is 5.79. The van der Waals surface area contributed by atoms with Gasteiger partial charge in [-0.15, -0.1) is 5.10 Å². The minimum atomic E-state index is 0.0852. The molecule has 12 heavy (non-hydrogen) atoms. The van der Waals surface area contributed by atoms with Crippen molar-refractivity contribution in [1.29, 1.82) is 0 Å². The Bertz CT molecular complexity index is 175. The van der Waals surface area contributed by atoms with Gasteiger partial charge in [-0.25, -0.2) is 0 Å². The van der Waals surface area contributed by atoms with Crippen LogP contribution in [0.25, 0.3) is 0 Å². The molecule has 4 nitrogen and oxygen atoms in total. The quantitative estimate of drug-likeness (QED) is 0.279. The molecule has 0 unspecified atom stereocenters. The Morgan fingerprint density at radius 3 is 2.50 bits per heavy atom. The molecule has 0 radical (unpaired) electrons. The standard InChI is InChI=1S/C8H16N4/c9-8(10)12-11-6-7-4-2-1-3-5-7/h6-7H,1-5H2,(H4,9,10,12)/p+1/b11-6+. The number of nitrogens with zero attached hydrogens (tertiary/aromatic N) is 1. The summed E-state index contributed by atoms with van der Waals surface area (Å²) >= 11 is 0. The van der Waals surface area contributed by atoms with E-state index in [2.05, 4.69) is 10.2 Å². The number of nitrogens with two attached hydrogens (primary N) is 2. The first-order valence-electron chi connectivity index (χ1n) is 4.46. The van der Waals surface area contributed by atoms with Crippen LogP contribution in [0.15, 0.2) is 5.10 Å². The predicted octanol–water partition coefficient (Wildman–Crippen LogP) is -1.09. The van der Waals surface area contributed by atoms with Gasteiger partial charge in [0.25, 0.3) is 5.96 Å². The minimum Gasteiger partial charge on any atom is -0.365 e. The van der Waals surface area contributed by atoms with Crippen molar-refractivity contribution in [2.45, 2.75) is 32.1 Å². The Morgan fingerprint density at radius 2 is 1.92 bits per heavy atom. The normalized spacial score (nSPS) is 19.7. The Kier molecular flexibility index (Phi) is 3.57. The summed E-state index contributed by atoms with van der Waals surface area (Å²) < 4.78 is 0. The monoisotopic (exact) mass is 169 g/mol. The number of nitrogens with one attached hydrogen (secondary N) is 1. The van der Waals surface area contributed by atoms with Gasteiger partial charge in [-0.2, -0.15) is 0 Å². The summed E-state index contributed by atoms with van der Waals surface area (Å²) in [5.74, 6) is 0.726. The molecule has 0 saturated heterocycles. The summed E-state index contributed by atoms with van der Waals surface area (Å²) in [6, 6.07) is 0. The first-order valence-corrected chi connectivity index (χ1v) is 4.46. The predicted molar refractivity (Wildman–Crippen MR) is 49.4 cm³/mol. The molecule has 1 fully saturated rings. The Labute approximate surface area is 72.7 Å². The van der Waals surface area contributed by atoms with Gasteiger partial charge < -0.3 is 11.5 Å². The van der Waals surface area contributed by atoms with E-state index in [9.17, 15) is 0 Å². The van der Waals surface area contributed by atoms with Gasteiger partial charge >= 0.3 is 0 Å². The largest absolute Gasteiger partial charge is 0.365 e. The third-order valence-corrected chi connectivity index (χ3v) is 2.15. The molecule has 0 heterocycles. The number of hydrazone groups is 1. The smallest absolute Gasteiger partial charge is 0.256 e. The van der Waals surface area contributed by atoms with E-state index in [-0.39, 0.29) is 5.96 Å². The summed E-state index contributed by atoms with van der Waals surface area (Å²) in [5, 5.41) is 6.45. The van der Waals surface area contributed by atoms with Crippen LogP contribution in [0.5, 0.6) is 0 Å². The van der Waals surface area contributed by atoms with Crippen LogP contribution in [0, 0.1) is 5.92 Å². The lowest BCUT2D eigenvalue weighted by Crippen LogP contribution is -2.64. The van der Waals surface area contributed by atoms with Gasteiger partial charge in [-0.3, -0.25) is 0 Å². The maximum absolute atomic E-state index is 5.15. The molecule has 0 aromatic rings. The molecule has 0 spiro atoms. The van der Waals surface area contributed by atoms with E-state index in [1.54, 1.807) is 0 Å². The van der Waals surface area contributed by atoms with Crippen LogP contribution in [-0.4, -0.2) is 12.2 Å². The van der Waals surface area contributed by atoms with Crippen molar-refractivity contribution in [2.24, 2.45) is 22.5 Å². The fourth-order valence-electron chi connectivity index (χ4n) is 1.52. The highest BCUT2D eigenvalue weighted by Gasteiger charge is 2.12. The summed E-state index contributed by atoms with van der Waals surface area (Å²) in [7, 11) is 0. The summed E-state index contributed by atoms with van der Waals surface area (Å²) in [6.45, 7) is 0. The number of hydrogen-bond donors (Lipinski definition) is 3.